The van der Waals surface area contributed by atoms with Gasteiger partial charge in [-0.2, -0.15) is 0 Å². The number of hydrogen-bond donors (Lipinski definition) is 1. The summed E-state index contributed by atoms with van der Waals surface area (Å²) in [5, 5.41) is 4.47. The maximum Gasteiger partial charge on any atom is 0.145 e. The van der Waals surface area contributed by atoms with Gasteiger partial charge in [0, 0.05) is 37.8 Å². The molecule has 94 valence electrons. The van der Waals surface area contributed by atoms with Crippen LogP contribution in [0.4, 0.5) is 0 Å². The van der Waals surface area contributed by atoms with Gasteiger partial charge in [-0.3, -0.25) is 4.90 Å². The number of hydrogen-bond acceptors (Lipinski definition) is 4. The lowest BCUT2D eigenvalue weighted by Gasteiger charge is -2.31. The van der Waals surface area contributed by atoms with Crippen molar-refractivity contribution in [2.24, 2.45) is 0 Å². The van der Waals surface area contributed by atoms with E-state index < -0.39 is 0 Å². The van der Waals surface area contributed by atoms with Crippen LogP contribution in [0, 0.1) is 0 Å². The van der Waals surface area contributed by atoms with Crippen molar-refractivity contribution in [3.63, 3.8) is 0 Å². The van der Waals surface area contributed by atoms with Crippen molar-refractivity contribution >= 4 is 10.9 Å². The largest absolute Gasteiger partial charge is 0.314 e. The van der Waals surface area contributed by atoms with Crippen LogP contribution in [0.1, 0.15) is 18.8 Å². The van der Waals surface area contributed by atoms with E-state index >= 15 is 0 Å². The van der Waals surface area contributed by atoms with Gasteiger partial charge in [0.05, 0.1) is 11.6 Å². The van der Waals surface area contributed by atoms with Crippen molar-refractivity contribution in [1.82, 2.24) is 20.2 Å². The Hall–Kier alpha value is -1.52. The van der Waals surface area contributed by atoms with Gasteiger partial charge >= 0.3 is 0 Å². The molecule has 0 saturated carbocycles. The van der Waals surface area contributed by atoms with Crippen LogP contribution >= 0.6 is 0 Å². The number of piperazine rings is 1. The zero-order valence-electron chi connectivity index (χ0n) is 10.6. The third-order valence-electron chi connectivity index (χ3n) is 3.58. The van der Waals surface area contributed by atoms with Crippen molar-refractivity contribution in [2.75, 3.05) is 26.2 Å². The van der Waals surface area contributed by atoms with Gasteiger partial charge in [0.15, 0.2) is 0 Å². The molecule has 0 amide bonds. The number of rotatable bonds is 2. The molecule has 1 fully saturated rings. The molecule has 4 heteroatoms. The second-order valence-electron chi connectivity index (χ2n) is 4.75. The number of aromatic nitrogens is 2. The molecule has 1 aromatic carbocycles. The summed E-state index contributed by atoms with van der Waals surface area (Å²) in [6.45, 7) is 6.43. The van der Waals surface area contributed by atoms with E-state index in [9.17, 15) is 0 Å². The average molecular weight is 242 g/mol. The fourth-order valence-electron chi connectivity index (χ4n) is 2.42. The van der Waals surface area contributed by atoms with Crippen LogP contribution < -0.4 is 5.32 Å². The fourth-order valence-corrected chi connectivity index (χ4v) is 2.42. The van der Waals surface area contributed by atoms with E-state index in [-0.39, 0.29) is 6.04 Å². The minimum atomic E-state index is 0.289. The van der Waals surface area contributed by atoms with Crippen LogP contribution in [0.15, 0.2) is 30.5 Å². The second-order valence-corrected chi connectivity index (χ2v) is 4.75. The molecule has 1 atom stereocenters. The summed E-state index contributed by atoms with van der Waals surface area (Å²) in [4.78, 5) is 11.6. The van der Waals surface area contributed by atoms with Gasteiger partial charge < -0.3 is 5.32 Å². The first-order valence-electron chi connectivity index (χ1n) is 6.51. The van der Waals surface area contributed by atoms with E-state index in [0.717, 1.165) is 42.9 Å². The molecule has 3 rings (SSSR count). The number of nitrogens with zero attached hydrogens (tertiary/aromatic N) is 3. The zero-order valence-corrected chi connectivity index (χ0v) is 10.6. The molecule has 0 radical (unpaired) electrons. The molecular formula is C14H18N4. The summed E-state index contributed by atoms with van der Waals surface area (Å²) >= 11 is 0. The number of para-hydroxylation sites is 1. The Balaban J connectivity index is 1.88. The van der Waals surface area contributed by atoms with Gasteiger partial charge in [0.1, 0.15) is 5.82 Å². The number of nitrogens with one attached hydrogen (secondary N) is 1. The average Bonchev–Trinajstić information content (AvgIpc) is 2.47. The molecule has 0 aliphatic carbocycles. The van der Waals surface area contributed by atoms with Crippen LogP contribution in [0.5, 0.6) is 0 Å². The van der Waals surface area contributed by atoms with Crippen molar-refractivity contribution in [3.05, 3.63) is 36.3 Å². The maximum absolute atomic E-state index is 4.68. The van der Waals surface area contributed by atoms with E-state index in [0.29, 0.717) is 0 Å². The quantitative estimate of drug-likeness (QED) is 0.868. The predicted octanol–water partition coefficient (Wildman–Crippen LogP) is 1.60. The summed E-state index contributed by atoms with van der Waals surface area (Å²) in [7, 11) is 0. The van der Waals surface area contributed by atoms with Crippen LogP contribution in [0.25, 0.3) is 10.9 Å². The van der Waals surface area contributed by atoms with Gasteiger partial charge in [-0.25, -0.2) is 9.97 Å². The van der Waals surface area contributed by atoms with Crippen LogP contribution in [0.2, 0.25) is 0 Å². The predicted molar refractivity (Wildman–Crippen MR) is 72.4 cm³/mol. The Bertz CT molecular complexity index is 534. The highest BCUT2D eigenvalue weighted by molar-refractivity contribution is 5.77. The van der Waals surface area contributed by atoms with E-state index in [4.69, 9.17) is 0 Å². The molecule has 2 heterocycles. The Morgan fingerprint density at radius 2 is 2.00 bits per heavy atom. The fraction of sp³-hybridized carbons (Fsp3) is 0.429. The first-order chi connectivity index (χ1) is 8.84. The van der Waals surface area contributed by atoms with Gasteiger partial charge in [-0.1, -0.05) is 18.2 Å². The molecule has 0 spiro atoms. The van der Waals surface area contributed by atoms with Crippen LogP contribution in [0.3, 0.4) is 0 Å². The molecule has 18 heavy (non-hydrogen) atoms. The molecule has 1 aliphatic rings. The van der Waals surface area contributed by atoms with Gasteiger partial charge in [0.2, 0.25) is 0 Å². The topological polar surface area (TPSA) is 41.1 Å². The summed E-state index contributed by atoms with van der Waals surface area (Å²) in [5.41, 5.74) is 1.03. The molecule has 1 N–H and O–H groups in total. The smallest absolute Gasteiger partial charge is 0.145 e. The molecule has 0 unspecified atom stereocenters. The molecule has 2 aromatic rings. The Labute approximate surface area is 107 Å². The highest BCUT2D eigenvalue weighted by atomic mass is 15.2. The first-order valence-corrected chi connectivity index (χ1v) is 6.51. The molecule has 4 nitrogen and oxygen atoms in total. The number of benzene rings is 1. The third kappa shape index (κ3) is 2.21. The molecule has 1 aliphatic heterocycles. The van der Waals surface area contributed by atoms with Crippen molar-refractivity contribution in [2.45, 2.75) is 13.0 Å². The van der Waals surface area contributed by atoms with Crippen molar-refractivity contribution in [3.8, 4) is 0 Å². The Morgan fingerprint density at radius 3 is 2.83 bits per heavy atom. The van der Waals surface area contributed by atoms with E-state index in [1.54, 1.807) is 0 Å². The molecule has 1 saturated heterocycles. The van der Waals surface area contributed by atoms with Crippen molar-refractivity contribution < 1.29 is 0 Å². The van der Waals surface area contributed by atoms with Crippen LogP contribution in [-0.2, 0) is 0 Å². The van der Waals surface area contributed by atoms with E-state index in [2.05, 4.69) is 33.2 Å². The molecular weight excluding hydrogens is 224 g/mol. The standard InChI is InChI=1S/C14H18N4/c1-11(18-8-6-15-7-9-18)14-16-10-12-4-2-3-5-13(12)17-14/h2-5,10-11,15H,6-9H2,1H3/t11-/m1/s1. The zero-order chi connectivity index (χ0) is 12.4. The second kappa shape index (κ2) is 5.00. The number of fused-ring (bicyclic) bond motifs is 1. The Morgan fingerprint density at radius 1 is 1.22 bits per heavy atom. The monoisotopic (exact) mass is 242 g/mol. The summed E-state index contributed by atoms with van der Waals surface area (Å²) < 4.78 is 0. The first kappa shape index (κ1) is 11.6. The highest BCUT2D eigenvalue weighted by Gasteiger charge is 2.20. The normalized spacial score (nSPS) is 18.9. The third-order valence-corrected chi connectivity index (χ3v) is 3.58. The molecule has 1 aromatic heterocycles. The highest BCUT2D eigenvalue weighted by Crippen LogP contribution is 2.19. The maximum atomic E-state index is 4.68. The van der Waals surface area contributed by atoms with Gasteiger partial charge in [-0.05, 0) is 13.0 Å². The van der Waals surface area contributed by atoms with Crippen molar-refractivity contribution in [1.29, 1.82) is 0 Å². The SMILES string of the molecule is C[C@H](c1ncc2ccccc2n1)N1CCNCC1. The minimum absolute atomic E-state index is 0.289. The lowest BCUT2D eigenvalue weighted by atomic mass is 10.2. The summed E-state index contributed by atoms with van der Waals surface area (Å²) in [5.74, 6) is 0.926. The minimum Gasteiger partial charge on any atom is -0.314 e. The lowest BCUT2D eigenvalue weighted by molar-refractivity contribution is 0.179. The lowest BCUT2D eigenvalue weighted by Crippen LogP contribution is -2.44. The Kier molecular flexibility index (Phi) is 3.21. The van der Waals surface area contributed by atoms with Gasteiger partial charge in [0.25, 0.3) is 0 Å². The molecule has 0 bridgehead atoms. The van der Waals surface area contributed by atoms with E-state index in [1.807, 2.05) is 24.4 Å². The van der Waals surface area contributed by atoms with Crippen LogP contribution in [-0.4, -0.2) is 41.0 Å². The van der Waals surface area contributed by atoms with Gasteiger partial charge in [-0.15, -0.1) is 0 Å². The van der Waals surface area contributed by atoms with E-state index in [1.165, 1.54) is 0 Å². The summed E-state index contributed by atoms with van der Waals surface area (Å²) in [6, 6.07) is 8.43. The summed E-state index contributed by atoms with van der Waals surface area (Å²) in [6.07, 6.45) is 1.93.